The van der Waals surface area contributed by atoms with Crippen LogP contribution in [0.4, 0.5) is 0 Å². The summed E-state index contributed by atoms with van der Waals surface area (Å²) in [5.74, 6) is -0.0731. The van der Waals surface area contributed by atoms with E-state index in [1.807, 2.05) is 6.92 Å². The normalized spacial score (nSPS) is 27.6. The minimum absolute atomic E-state index is 0.163. The lowest BCUT2D eigenvalue weighted by Gasteiger charge is -2.25. The minimum atomic E-state index is -2.93. The van der Waals surface area contributed by atoms with E-state index in [9.17, 15) is 18.3 Å². The van der Waals surface area contributed by atoms with E-state index in [-0.39, 0.29) is 11.0 Å². The number of carboxylic acid groups (broad SMARTS) is 1. The van der Waals surface area contributed by atoms with E-state index in [2.05, 4.69) is 5.32 Å². The lowest BCUT2D eigenvalue weighted by molar-refractivity contribution is -0.144. The third-order valence-electron chi connectivity index (χ3n) is 3.40. The van der Waals surface area contributed by atoms with Gasteiger partial charge in [0.15, 0.2) is 0 Å². The second kappa shape index (κ2) is 6.95. The van der Waals surface area contributed by atoms with Gasteiger partial charge in [-0.15, -0.1) is 0 Å². The summed E-state index contributed by atoms with van der Waals surface area (Å²) >= 11 is 1.58. The summed E-state index contributed by atoms with van der Waals surface area (Å²) in [6.45, 7) is 2.71. The highest BCUT2D eigenvalue weighted by Crippen LogP contribution is 2.37. The van der Waals surface area contributed by atoms with Crippen molar-refractivity contribution in [2.45, 2.75) is 43.4 Å². The number of carboxylic acids is 1. The van der Waals surface area contributed by atoms with Gasteiger partial charge in [0.05, 0.1) is 5.75 Å². The molecule has 7 heteroatoms. The lowest BCUT2D eigenvalue weighted by Crippen LogP contribution is -2.50. The molecule has 1 fully saturated rings. The van der Waals surface area contributed by atoms with Gasteiger partial charge in [0.25, 0.3) is 0 Å². The van der Waals surface area contributed by atoms with E-state index < -0.39 is 21.3 Å². The summed E-state index contributed by atoms with van der Waals surface area (Å²) < 4.78 is 22.1. The Hall–Kier alpha value is -0.270. The molecule has 0 aromatic rings. The highest BCUT2D eigenvalue weighted by molar-refractivity contribution is 8.01. The first-order valence-corrected chi connectivity index (χ1v) is 9.68. The average Bonchev–Trinajstić information content (AvgIpc) is 2.70. The third kappa shape index (κ3) is 5.31. The zero-order chi connectivity index (χ0) is 14.5. The molecule has 0 bridgehead atoms. The highest BCUT2D eigenvalue weighted by atomic mass is 32.2. The molecular weight excluding hydrogens is 286 g/mol. The molecule has 0 aromatic heterocycles. The maximum absolute atomic E-state index is 11.4. The molecule has 2 N–H and O–H groups in total. The maximum Gasteiger partial charge on any atom is 0.323 e. The molecule has 0 heterocycles. The Morgan fingerprint density at radius 3 is 2.74 bits per heavy atom. The van der Waals surface area contributed by atoms with Gasteiger partial charge < -0.3 is 10.4 Å². The van der Waals surface area contributed by atoms with Gasteiger partial charge in [-0.1, -0.05) is 6.92 Å². The predicted molar refractivity (Wildman–Crippen MR) is 78.5 cm³/mol. The summed E-state index contributed by atoms with van der Waals surface area (Å²) in [5.41, 5.74) is -0.807. The van der Waals surface area contributed by atoms with Gasteiger partial charge in [0.1, 0.15) is 15.4 Å². The Labute approximate surface area is 119 Å². The molecule has 2 atom stereocenters. The van der Waals surface area contributed by atoms with Gasteiger partial charge in [-0.2, -0.15) is 11.8 Å². The minimum Gasteiger partial charge on any atom is -0.480 e. The number of nitrogens with one attached hydrogen (secondary N) is 1. The molecule has 1 aliphatic carbocycles. The van der Waals surface area contributed by atoms with Crippen molar-refractivity contribution >= 4 is 27.6 Å². The third-order valence-corrected chi connectivity index (χ3v) is 5.92. The fourth-order valence-electron chi connectivity index (χ4n) is 2.30. The SMILES string of the molecule is CCCNC1(C(=O)O)CCC(SCCS(C)(=O)=O)C1. The maximum atomic E-state index is 11.4. The van der Waals surface area contributed by atoms with Gasteiger partial charge in [-0.05, 0) is 32.2 Å². The molecule has 112 valence electrons. The molecule has 0 amide bonds. The van der Waals surface area contributed by atoms with Crippen LogP contribution in [-0.4, -0.2) is 54.6 Å². The fraction of sp³-hybridized carbons (Fsp3) is 0.917. The van der Waals surface area contributed by atoms with Crippen molar-refractivity contribution in [1.29, 1.82) is 0 Å². The summed E-state index contributed by atoms with van der Waals surface area (Å²) in [7, 11) is -2.93. The van der Waals surface area contributed by atoms with E-state index >= 15 is 0 Å². The monoisotopic (exact) mass is 309 g/mol. The molecule has 5 nitrogen and oxygen atoms in total. The van der Waals surface area contributed by atoms with Crippen LogP contribution in [-0.2, 0) is 14.6 Å². The molecule has 0 saturated heterocycles. The molecular formula is C12H23NO4S2. The molecule has 0 aromatic carbocycles. The average molecular weight is 309 g/mol. The predicted octanol–water partition coefficient (Wildman–Crippen LogP) is 1.14. The van der Waals surface area contributed by atoms with E-state index in [0.29, 0.717) is 25.1 Å². The van der Waals surface area contributed by atoms with E-state index in [4.69, 9.17) is 0 Å². The first-order chi connectivity index (χ1) is 8.79. The largest absolute Gasteiger partial charge is 0.480 e. The summed E-state index contributed by atoms with van der Waals surface area (Å²) in [5, 5.41) is 12.8. The molecule has 19 heavy (non-hydrogen) atoms. The standard InChI is InChI=1S/C12H23NO4S2/c1-3-6-13-12(11(14)15)5-4-10(9-12)18-7-8-19(2,16)17/h10,13H,3-9H2,1-2H3,(H,14,15). The van der Waals surface area contributed by atoms with Gasteiger partial charge in [-0.25, -0.2) is 8.42 Å². The molecule has 1 rings (SSSR count). The van der Waals surface area contributed by atoms with Crippen LogP contribution in [0.15, 0.2) is 0 Å². The van der Waals surface area contributed by atoms with Crippen LogP contribution < -0.4 is 5.32 Å². The molecule has 1 saturated carbocycles. The quantitative estimate of drug-likeness (QED) is 0.699. The molecule has 0 spiro atoms. The number of hydrogen-bond acceptors (Lipinski definition) is 5. The number of sulfone groups is 1. The van der Waals surface area contributed by atoms with Crippen molar-refractivity contribution in [3.05, 3.63) is 0 Å². The van der Waals surface area contributed by atoms with Crippen LogP contribution in [0.25, 0.3) is 0 Å². The highest BCUT2D eigenvalue weighted by Gasteiger charge is 2.45. The van der Waals surface area contributed by atoms with Crippen LogP contribution in [0.3, 0.4) is 0 Å². The van der Waals surface area contributed by atoms with Gasteiger partial charge in [0.2, 0.25) is 0 Å². The van der Waals surface area contributed by atoms with Crippen molar-refractivity contribution in [3.63, 3.8) is 0 Å². The smallest absolute Gasteiger partial charge is 0.323 e. The Morgan fingerprint density at radius 2 is 2.21 bits per heavy atom. The van der Waals surface area contributed by atoms with Gasteiger partial charge >= 0.3 is 5.97 Å². The van der Waals surface area contributed by atoms with Crippen molar-refractivity contribution in [2.75, 3.05) is 24.3 Å². The van der Waals surface area contributed by atoms with Gasteiger partial charge in [-0.3, -0.25) is 4.79 Å². The molecule has 1 aliphatic rings. The van der Waals surface area contributed by atoms with Crippen LogP contribution in [0.5, 0.6) is 0 Å². The fourth-order valence-corrected chi connectivity index (χ4v) is 4.92. The lowest BCUT2D eigenvalue weighted by atomic mass is 9.98. The van der Waals surface area contributed by atoms with Crippen molar-refractivity contribution in [3.8, 4) is 0 Å². The zero-order valence-electron chi connectivity index (χ0n) is 11.5. The first kappa shape index (κ1) is 16.8. The summed E-state index contributed by atoms with van der Waals surface area (Å²) in [6.07, 6.45) is 4.17. The van der Waals surface area contributed by atoms with Crippen molar-refractivity contribution in [2.24, 2.45) is 0 Å². The van der Waals surface area contributed by atoms with Crippen molar-refractivity contribution < 1.29 is 18.3 Å². The topological polar surface area (TPSA) is 83.5 Å². The van der Waals surface area contributed by atoms with Crippen LogP contribution in [0.2, 0.25) is 0 Å². The number of thioether (sulfide) groups is 1. The second-order valence-electron chi connectivity index (χ2n) is 5.18. The second-order valence-corrected chi connectivity index (χ2v) is 8.85. The Kier molecular flexibility index (Phi) is 6.14. The molecule has 0 aliphatic heterocycles. The zero-order valence-corrected chi connectivity index (χ0v) is 13.1. The van der Waals surface area contributed by atoms with E-state index in [1.54, 1.807) is 11.8 Å². The number of rotatable bonds is 8. The number of carbonyl (C=O) groups is 1. The van der Waals surface area contributed by atoms with Crippen LogP contribution in [0, 0.1) is 0 Å². The number of aliphatic carboxylic acids is 1. The van der Waals surface area contributed by atoms with E-state index in [1.165, 1.54) is 6.26 Å². The molecule has 0 radical (unpaired) electrons. The summed E-state index contributed by atoms with van der Waals surface area (Å²) in [6, 6.07) is 0. The van der Waals surface area contributed by atoms with Crippen LogP contribution in [0.1, 0.15) is 32.6 Å². The number of hydrogen-bond donors (Lipinski definition) is 2. The van der Waals surface area contributed by atoms with Crippen molar-refractivity contribution in [1.82, 2.24) is 5.32 Å². The molecule has 2 unspecified atom stereocenters. The Morgan fingerprint density at radius 1 is 1.53 bits per heavy atom. The van der Waals surface area contributed by atoms with E-state index in [0.717, 1.165) is 12.8 Å². The summed E-state index contributed by atoms with van der Waals surface area (Å²) in [4.78, 5) is 11.4. The Balaban J connectivity index is 2.47. The first-order valence-electron chi connectivity index (χ1n) is 6.57. The van der Waals surface area contributed by atoms with Gasteiger partial charge in [0, 0.05) is 17.3 Å². The van der Waals surface area contributed by atoms with Crippen LogP contribution >= 0.6 is 11.8 Å². The Bertz CT molecular complexity index is 410.